The van der Waals surface area contributed by atoms with Crippen molar-refractivity contribution in [3.63, 3.8) is 0 Å². The van der Waals surface area contributed by atoms with Gasteiger partial charge in [0.25, 0.3) is 0 Å². The Morgan fingerprint density at radius 2 is 2.10 bits per heavy atom. The van der Waals surface area contributed by atoms with E-state index in [0.717, 1.165) is 11.3 Å². The molecule has 0 fully saturated rings. The van der Waals surface area contributed by atoms with E-state index < -0.39 is 10.0 Å². The first kappa shape index (κ1) is 16.7. The van der Waals surface area contributed by atoms with Crippen LogP contribution in [0.5, 0.6) is 0 Å². The van der Waals surface area contributed by atoms with Crippen molar-refractivity contribution in [3.8, 4) is 0 Å². The smallest absolute Gasteiger partial charge is 0.244 e. The molecule has 1 N–H and O–H groups in total. The highest BCUT2D eigenvalue weighted by Crippen LogP contribution is 2.32. The maximum Gasteiger partial charge on any atom is 0.244 e. The minimum Gasteiger partial charge on any atom is -0.315 e. The number of nitrogens with zero attached hydrogens (tertiary/aromatic N) is 1. The Bertz CT molecular complexity index is 624. The second kappa shape index (κ2) is 6.20. The SMILES string of the molecule is CNCc1sccc1S(=O)(=O)N1CC=C(C(C)(C)C)CC1. The summed E-state index contributed by atoms with van der Waals surface area (Å²) in [5.74, 6) is 0. The van der Waals surface area contributed by atoms with Crippen LogP contribution >= 0.6 is 11.3 Å². The van der Waals surface area contributed by atoms with Gasteiger partial charge in [-0.05, 0) is 30.3 Å². The molecule has 0 bridgehead atoms. The highest BCUT2D eigenvalue weighted by atomic mass is 32.2. The molecule has 0 atom stereocenters. The Kier molecular flexibility index (Phi) is 4.92. The van der Waals surface area contributed by atoms with E-state index in [2.05, 4.69) is 32.2 Å². The highest BCUT2D eigenvalue weighted by molar-refractivity contribution is 7.89. The van der Waals surface area contributed by atoms with Gasteiger partial charge in [-0.15, -0.1) is 11.3 Å². The van der Waals surface area contributed by atoms with Crippen molar-refractivity contribution in [1.82, 2.24) is 9.62 Å². The molecule has 1 aliphatic heterocycles. The lowest BCUT2D eigenvalue weighted by molar-refractivity contribution is 0.389. The molecule has 0 aliphatic carbocycles. The fraction of sp³-hybridized carbons (Fsp3) is 0.600. The largest absolute Gasteiger partial charge is 0.315 e. The third-order valence-electron chi connectivity index (χ3n) is 3.79. The summed E-state index contributed by atoms with van der Waals surface area (Å²) < 4.78 is 27.1. The number of hydrogen-bond donors (Lipinski definition) is 1. The van der Waals surface area contributed by atoms with Crippen LogP contribution in [0.15, 0.2) is 28.0 Å². The summed E-state index contributed by atoms with van der Waals surface area (Å²) in [4.78, 5) is 1.33. The first-order valence-corrected chi connectivity index (χ1v) is 9.49. The molecule has 0 saturated carbocycles. The maximum absolute atomic E-state index is 12.8. The monoisotopic (exact) mass is 328 g/mol. The Balaban J connectivity index is 2.23. The van der Waals surface area contributed by atoms with Gasteiger partial charge in [0.2, 0.25) is 10.0 Å². The third kappa shape index (κ3) is 3.56. The average molecular weight is 329 g/mol. The van der Waals surface area contributed by atoms with Gasteiger partial charge in [0.15, 0.2) is 0 Å². The van der Waals surface area contributed by atoms with Crippen LogP contribution in [0, 0.1) is 5.41 Å². The number of thiophene rings is 1. The van der Waals surface area contributed by atoms with Crippen LogP contribution in [0.2, 0.25) is 0 Å². The Morgan fingerprint density at radius 3 is 2.62 bits per heavy atom. The van der Waals surface area contributed by atoms with E-state index in [1.165, 1.54) is 16.9 Å². The van der Waals surface area contributed by atoms with E-state index in [-0.39, 0.29) is 5.41 Å². The van der Waals surface area contributed by atoms with Crippen LogP contribution in [0.1, 0.15) is 32.1 Å². The molecule has 1 aromatic heterocycles. The van der Waals surface area contributed by atoms with E-state index in [1.807, 2.05) is 12.4 Å². The second-order valence-electron chi connectivity index (χ2n) is 6.33. The van der Waals surface area contributed by atoms with Gasteiger partial charge in [0.05, 0.1) is 4.90 Å². The molecule has 0 unspecified atom stereocenters. The van der Waals surface area contributed by atoms with Crippen molar-refractivity contribution in [3.05, 3.63) is 28.0 Å². The predicted octanol–water partition coefficient (Wildman–Crippen LogP) is 2.83. The molecule has 0 radical (unpaired) electrons. The summed E-state index contributed by atoms with van der Waals surface area (Å²) >= 11 is 1.49. The average Bonchev–Trinajstić information content (AvgIpc) is 2.87. The Morgan fingerprint density at radius 1 is 1.38 bits per heavy atom. The van der Waals surface area contributed by atoms with E-state index in [4.69, 9.17) is 0 Å². The molecule has 2 rings (SSSR count). The Hall–Kier alpha value is -0.690. The normalized spacial score (nSPS) is 17.8. The molecule has 1 aromatic rings. The van der Waals surface area contributed by atoms with Gasteiger partial charge < -0.3 is 5.32 Å². The summed E-state index contributed by atoms with van der Waals surface area (Å²) in [6, 6.07) is 1.72. The van der Waals surface area contributed by atoms with E-state index in [9.17, 15) is 8.42 Å². The van der Waals surface area contributed by atoms with Crippen molar-refractivity contribution < 1.29 is 8.42 Å². The molecule has 6 heteroatoms. The summed E-state index contributed by atoms with van der Waals surface area (Å²) in [6.07, 6.45) is 2.89. The minimum absolute atomic E-state index is 0.121. The summed E-state index contributed by atoms with van der Waals surface area (Å²) in [6.45, 7) is 8.15. The molecule has 118 valence electrons. The topological polar surface area (TPSA) is 49.4 Å². The molecule has 4 nitrogen and oxygen atoms in total. The number of nitrogens with one attached hydrogen (secondary N) is 1. The fourth-order valence-electron chi connectivity index (χ4n) is 2.54. The second-order valence-corrected chi connectivity index (χ2v) is 9.24. The molecule has 0 aromatic carbocycles. The van der Waals surface area contributed by atoms with Gasteiger partial charge in [-0.3, -0.25) is 0 Å². The lowest BCUT2D eigenvalue weighted by Gasteiger charge is -2.31. The van der Waals surface area contributed by atoms with Gasteiger partial charge in [0.1, 0.15) is 0 Å². The Labute approximate surface area is 131 Å². The van der Waals surface area contributed by atoms with E-state index in [0.29, 0.717) is 24.5 Å². The summed E-state index contributed by atoms with van der Waals surface area (Å²) in [5.41, 5.74) is 1.46. The third-order valence-corrected chi connectivity index (χ3v) is 6.79. The molecule has 2 heterocycles. The molecule has 1 aliphatic rings. The first-order valence-electron chi connectivity index (χ1n) is 7.17. The molecule has 21 heavy (non-hydrogen) atoms. The quantitative estimate of drug-likeness (QED) is 0.865. The van der Waals surface area contributed by atoms with Crippen LogP contribution in [-0.2, 0) is 16.6 Å². The zero-order valence-corrected chi connectivity index (χ0v) is 14.8. The van der Waals surface area contributed by atoms with Gasteiger partial charge in [-0.1, -0.05) is 32.4 Å². The molecule has 0 spiro atoms. The number of rotatable bonds is 4. The number of hydrogen-bond acceptors (Lipinski definition) is 4. The van der Waals surface area contributed by atoms with Crippen molar-refractivity contribution in [2.24, 2.45) is 5.41 Å². The van der Waals surface area contributed by atoms with Crippen LogP contribution in [0.4, 0.5) is 0 Å². The van der Waals surface area contributed by atoms with Gasteiger partial charge in [0, 0.05) is 24.5 Å². The fourth-order valence-corrected chi connectivity index (χ4v) is 5.34. The molecular weight excluding hydrogens is 304 g/mol. The molecule has 0 amide bonds. The number of sulfonamides is 1. The maximum atomic E-state index is 12.8. The van der Waals surface area contributed by atoms with Crippen molar-refractivity contribution in [1.29, 1.82) is 0 Å². The van der Waals surface area contributed by atoms with E-state index in [1.54, 1.807) is 10.4 Å². The standard InChI is InChI=1S/C15H24N2O2S2/c1-15(2,3)12-5-8-17(9-6-12)21(18,19)14-7-10-20-13(14)11-16-4/h5,7,10,16H,6,8-9,11H2,1-4H3. The van der Waals surface area contributed by atoms with Crippen LogP contribution in [-0.4, -0.2) is 32.9 Å². The van der Waals surface area contributed by atoms with Gasteiger partial charge in [-0.2, -0.15) is 4.31 Å². The van der Waals surface area contributed by atoms with Crippen molar-refractivity contribution in [2.75, 3.05) is 20.1 Å². The van der Waals surface area contributed by atoms with Crippen LogP contribution < -0.4 is 5.32 Å². The van der Waals surface area contributed by atoms with Crippen LogP contribution in [0.3, 0.4) is 0 Å². The van der Waals surface area contributed by atoms with Crippen LogP contribution in [0.25, 0.3) is 0 Å². The summed E-state index contributed by atoms with van der Waals surface area (Å²) in [7, 11) is -1.55. The minimum atomic E-state index is -3.38. The predicted molar refractivity (Wildman–Crippen MR) is 88.0 cm³/mol. The molecular formula is C15H24N2O2S2. The zero-order chi connectivity index (χ0) is 15.7. The highest BCUT2D eigenvalue weighted by Gasteiger charge is 2.30. The lowest BCUT2D eigenvalue weighted by Crippen LogP contribution is -2.36. The first-order chi connectivity index (χ1) is 9.76. The summed E-state index contributed by atoms with van der Waals surface area (Å²) in [5, 5.41) is 4.88. The lowest BCUT2D eigenvalue weighted by atomic mass is 9.83. The van der Waals surface area contributed by atoms with Gasteiger partial charge >= 0.3 is 0 Å². The van der Waals surface area contributed by atoms with Crippen molar-refractivity contribution in [2.45, 2.75) is 38.6 Å². The molecule has 0 saturated heterocycles. The van der Waals surface area contributed by atoms with E-state index >= 15 is 0 Å². The zero-order valence-electron chi connectivity index (χ0n) is 13.1. The van der Waals surface area contributed by atoms with Gasteiger partial charge in [-0.25, -0.2) is 8.42 Å². The van der Waals surface area contributed by atoms with Crippen molar-refractivity contribution >= 4 is 21.4 Å².